The SMILES string of the molecule is Cn1c(B2OC(C)(C)C(C)(C)O2)c(Br)c2ccccc21. The lowest BCUT2D eigenvalue weighted by Crippen LogP contribution is -2.41. The molecule has 0 saturated carbocycles. The van der Waals surface area contributed by atoms with E-state index in [-0.39, 0.29) is 18.3 Å². The number of hydrogen-bond donors (Lipinski definition) is 0. The highest BCUT2D eigenvalue weighted by atomic mass is 79.9. The number of rotatable bonds is 1. The van der Waals surface area contributed by atoms with Gasteiger partial charge in [-0.05, 0) is 49.7 Å². The van der Waals surface area contributed by atoms with Gasteiger partial charge in [-0.3, -0.25) is 0 Å². The molecule has 0 bridgehead atoms. The molecule has 0 spiro atoms. The normalized spacial score (nSPS) is 20.8. The molecule has 106 valence electrons. The maximum absolute atomic E-state index is 6.17. The molecule has 1 aromatic heterocycles. The number of halogens is 1. The second-order valence-electron chi connectivity index (χ2n) is 6.36. The highest BCUT2D eigenvalue weighted by Crippen LogP contribution is 2.38. The van der Waals surface area contributed by atoms with E-state index < -0.39 is 0 Å². The van der Waals surface area contributed by atoms with Crippen LogP contribution in [0.15, 0.2) is 28.7 Å². The van der Waals surface area contributed by atoms with Crippen molar-refractivity contribution in [2.75, 3.05) is 0 Å². The Bertz CT molecular complexity index is 623. The number of aromatic nitrogens is 1. The van der Waals surface area contributed by atoms with Crippen LogP contribution in [0.3, 0.4) is 0 Å². The van der Waals surface area contributed by atoms with Gasteiger partial charge < -0.3 is 13.9 Å². The van der Waals surface area contributed by atoms with Crippen molar-refractivity contribution in [3.63, 3.8) is 0 Å². The molecule has 1 aromatic carbocycles. The van der Waals surface area contributed by atoms with Crippen molar-refractivity contribution in [2.24, 2.45) is 7.05 Å². The van der Waals surface area contributed by atoms with Crippen LogP contribution in [0, 0.1) is 0 Å². The van der Waals surface area contributed by atoms with Crippen molar-refractivity contribution in [2.45, 2.75) is 38.9 Å². The summed E-state index contributed by atoms with van der Waals surface area (Å²) in [5.41, 5.74) is 1.55. The predicted octanol–water partition coefficient (Wildman–Crippen LogP) is 3.24. The summed E-state index contributed by atoms with van der Waals surface area (Å²) in [6.45, 7) is 8.29. The van der Waals surface area contributed by atoms with Crippen molar-refractivity contribution in [1.82, 2.24) is 4.57 Å². The van der Waals surface area contributed by atoms with Crippen LogP contribution >= 0.6 is 15.9 Å². The molecule has 0 amide bonds. The van der Waals surface area contributed by atoms with Gasteiger partial charge in [-0.1, -0.05) is 18.2 Å². The van der Waals surface area contributed by atoms with Crippen LogP contribution in [0.4, 0.5) is 0 Å². The monoisotopic (exact) mass is 335 g/mol. The summed E-state index contributed by atoms with van der Waals surface area (Å²) in [7, 11) is 1.69. The van der Waals surface area contributed by atoms with Gasteiger partial charge in [0.2, 0.25) is 0 Å². The first-order valence-electron chi connectivity index (χ1n) is 6.83. The first-order chi connectivity index (χ1) is 9.24. The van der Waals surface area contributed by atoms with Gasteiger partial charge in [0.15, 0.2) is 0 Å². The van der Waals surface area contributed by atoms with E-state index in [1.165, 1.54) is 10.9 Å². The summed E-state index contributed by atoms with van der Waals surface area (Å²) in [5.74, 6) is 0. The smallest absolute Gasteiger partial charge is 0.398 e. The quantitative estimate of drug-likeness (QED) is 0.747. The van der Waals surface area contributed by atoms with Gasteiger partial charge in [0, 0.05) is 22.4 Å². The third kappa shape index (κ3) is 1.87. The van der Waals surface area contributed by atoms with Gasteiger partial charge in [-0.2, -0.15) is 0 Å². The summed E-state index contributed by atoms with van der Waals surface area (Å²) < 4.78 is 15.5. The Morgan fingerprint density at radius 3 is 2.15 bits per heavy atom. The van der Waals surface area contributed by atoms with E-state index in [0.717, 1.165) is 10.1 Å². The van der Waals surface area contributed by atoms with Gasteiger partial charge in [-0.25, -0.2) is 0 Å². The van der Waals surface area contributed by atoms with Crippen LogP contribution < -0.4 is 5.59 Å². The molecule has 3 rings (SSSR count). The minimum absolute atomic E-state index is 0.326. The Morgan fingerprint density at radius 2 is 1.60 bits per heavy atom. The van der Waals surface area contributed by atoms with Gasteiger partial charge >= 0.3 is 7.12 Å². The zero-order chi connectivity index (χ0) is 14.7. The van der Waals surface area contributed by atoms with E-state index in [1.54, 1.807) is 0 Å². The maximum Gasteiger partial charge on any atom is 0.513 e. The third-order valence-corrected chi connectivity index (χ3v) is 5.40. The summed E-state index contributed by atoms with van der Waals surface area (Å²) in [6, 6.07) is 8.30. The fourth-order valence-corrected chi connectivity index (χ4v) is 3.37. The summed E-state index contributed by atoms with van der Waals surface area (Å²) in [5, 5.41) is 1.18. The van der Waals surface area contributed by atoms with Crippen LogP contribution in [-0.4, -0.2) is 22.9 Å². The minimum Gasteiger partial charge on any atom is -0.398 e. The third-order valence-electron chi connectivity index (χ3n) is 4.56. The fraction of sp³-hybridized carbons (Fsp3) is 0.467. The van der Waals surface area contributed by atoms with Crippen molar-refractivity contribution >= 4 is 39.5 Å². The molecule has 3 nitrogen and oxygen atoms in total. The van der Waals surface area contributed by atoms with Crippen molar-refractivity contribution in [1.29, 1.82) is 0 Å². The zero-order valence-corrected chi connectivity index (χ0v) is 14.1. The van der Waals surface area contributed by atoms with Gasteiger partial charge in [0.1, 0.15) is 0 Å². The lowest BCUT2D eigenvalue weighted by molar-refractivity contribution is 0.00578. The number of para-hydroxylation sites is 1. The van der Waals surface area contributed by atoms with Gasteiger partial charge in [0.25, 0.3) is 0 Å². The fourth-order valence-electron chi connectivity index (χ4n) is 2.58. The van der Waals surface area contributed by atoms with E-state index in [9.17, 15) is 0 Å². The Balaban J connectivity index is 2.13. The molecule has 5 heteroatoms. The molecule has 2 aromatic rings. The summed E-state index contributed by atoms with van der Waals surface area (Å²) >= 11 is 3.71. The van der Waals surface area contributed by atoms with E-state index in [2.05, 4.69) is 60.3 Å². The molecule has 0 radical (unpaired) electrons. The standard InChI is InChI=1S/C15H19BBrNO2/c1-14(2)15(3,4)20-16(19-14)13-12(17)10-8-6-7-9-11(10)18(13)5/h6-9H,1-5H3. The van der Waals surface area contributed by atoms with Crippen LogP contribution in [0.25, 0.3) is 10.9 Å². The lowest BCUT2D eigenvalue weighted by atomic mass is 9.84. The predicted molar refractivity (Wildman–Crippen MR) is 86.3 cm³/mol. The maximum atomic E-state index is 6.17. The average Bonchev–Trinajstić information content (AvgIpc) is 2.72. The zero-order valence-electron chi connectivity index (χ0n) is 12.5. The summed E-state index contributed by atoms with van der Waals surface area (Å²) in [6.07, 6.45) is 0. The number of hydrogen-bond acceptors (Lipinski definition) is 2. The van der Waals surface area contributed by atoms with Crippen molar-refractivity contribution < 1.29 is 9.31 Å². The van der Waals surface area contributed by atoms with Crippen molar-refractivity contribution in [3.05, 3.63) is 28.7 Å². The van der Waals surface area contributed by atoms with Crippen molar-refractivity contribution in [3.8, 4) is 0 Å². The topological polar surface area (TPSA) is 23.4 Å². The van der Waals surface area contributed by atoms with E-state index in [1.807, 2.05) is 19.2 Å². The molecule has 20 heavy (non-hydrogen) atoms. The number of fused-ring (bicyclic) bond motifs is 1. The van der Waals surface area contributed by atoms with E-state index >= 15 is 0 Å². The molecule has 0 aliphatic carbocycles. The molecule has 1 saturated heterocycles. The number of nitrogens with zero attached hydrogens (tertiary/aromatic N) is 1. The average molecular weight is 336 g/mol. The van der Waals surface area contributed by atoms with Crippen LogP contribution in [0.1, 0.15) is 27.7 Å². The highest BCUT2D eigenvalue weighted by molar-refractivity contribution is 9.10. The molecular weight excluding hydrogens is 317 g/mol. The minimum atomic E-state index is -0.355. The van der Waals surface area contributed by atoms with Crippen LogP contribution in [0.2, 0.25) is 0 Å². The van der Waals surface area contributed by atoms with Crippen LogP contribution in [0.5, 0.6) is 0 Å². The Hall–Kier alpha value is -0.775. The molecule has 1 aliphatic rings. The van der Waals surface area contributed by atoms with Gasteiger partial charge in [-0.15, -0.1) is 0 Å². The highest BCUT2D eigenvalue weighted by Gasteiger charge is 2.53. The first kappa shape index (κ1) is 14.2. The molecule has 1 aliphatic heterocycles. The second kappa shape index (κ2) is 4.36. The Morgan fingerprint density at radius 1 is 1.05 bits per heavy atom. The summed E-state index contributed by atoms with van der Waals surface area (Å²) in [4.78, 5) is 0. The Kier molecular flexibility index (Phi) is 3.09. The molecule has 0 N–H and O–H groups in total. The molecule has 0 atom stereocenters. The van der Waals surface area contributed by atoms with Crippen LogP contribution in [-0.2, 0) is 16.4 Å². The first-order valence-corrected chi connectivity index (χ1v) is 7.62. The second-order valence-corrected chi connectivity index (χ2v) is 7.16. The van der Waals surface area contributed by atoms with E-state index in [4.69, 9.17) is 9.31 Å². The Labute approximate surface area is 128 Å². The van der Waals surface area contributed by atoms with Gasteiger partial charge in [0.05, 0.1) is 16.8 Å². The molecule has 0 unspecified atom stereocenters. The number of aryl methyl sites for hydroxylation is 1. The molecule has 2 heterocycles. The molecular formula is C15H19BBrNO2. The van der Waals surface area contributed by atoms with E-state index in [0.29, 0.717) is 0 Å². The molecule has 1 fully saturated rings. The lowest BCUT2D eigenvalue weighted by Gasteiger charge is -2.32. The number of benzene rings is 1. The largest absolute Gasteiger partial charge is 0.513 e.